The molecule has 0 atom stereocenters. The summed E-state index contributed by atoms with van der Waals surface area (Å²) >= 11 is 0. The maximum Gasteiger partial charge on any atom is 0.243 e. The van der Waals surface area contributed by atoms with Crippen LogP contribution in [0, 0.1) is 6.92 Å². The smallest absolute Gasteiger partial charge is 0.243 e. The highest BCUT2D eigenvalue weighted by Crippen LogP contribution is 2.24. The second kappa shape index (κ2) is 7.59. The van der Waals surface area contributed by atoms with E-state index >= 15 is 0 Å². The lowest BCUT2D eigenvalue weighted by atomic mass is 10.2. The van der Waals surface area contributed by atoms with Crippen LogP contribution in [0.15, 0.2) is 35.7 Å². The largest absolute Gasteiger partial charge is 0.491 e. The molecule has 21 heavy (non-hydrogen) atoms. The van der Waals surface area contributed by atoms with Crippen LogP contribution >= 0.6 is 0 Å². The minimum Gasteiger partial charge on any atom is -0.491 e. The Morgan fingerprint density at radius 3 is 2.57 bits per heavy atom. The molecule has 0 amide bonds. The molecule has 0 spiro atoms. The number of hydrogen-bond acceptors (Lipinski definition) is 4. The first-order valence-electron chi connectivity index (χ1n) is 6.82. The van der Waals surface area contributed by atoms with Crippen molar-refractivity contribution < 1.29 is 18.3 Å². The summed E-state index contributed by atoms with van der Waals surface area (Å²) in [6.45, 7) is 9.14. The monoisotopic (exact) mass is 313 g/mol. The summed E-state index contributed by atoms with van der Waals surface area (Å²) in [5.41, 5.74) is 0.757. The number of sulfonamides is 1. The van der Waals surface area contributed by atoms with Crippen LogP contribution in [-0.2, 0) is 10.0 Å². The lowest BCUT2D eigenvalue weighted by Gasteiger charge is -2.20. The molecule has 1 aromatic rings. The van der Waals surface area contributed by atoms with Crippen molar-refractivity contribution in [1.82, 2.24) is 4.31 Å². The Labute approximate surface area is 126 Å². The van der Waals surface area contributed by atoms with Crippen LogP contribution in [-0.4, -0.2) is 43.6 Å². The van der Waals surface area contributed by atoms with Crippen LogP contribution in [0.2, 0.25) is 0 Å². The Morgan fingerprint density at radius 1 is 1.43 bits per heavy atom. The minimum absolute atomic E-state index is 0.0258. The summed E-state index contributed by atoms with van der Waals surface area (Å²) in [7, 11) is -3.65. The molecule has 0 fully saturated rings. The van der Waals surface area contributed by atoms with E-state index in [0.29, 0.717) is 5.75 Å². The van der Waals surface area contributed by atoms with Crippen LogP contribution in [0.3, 0.4) is 0 Å². The molecule has 1 aromatic carbocycles. The van der Waals surface area contributed by atoms with Gasteiger partial charge >= 0.3 is 0 Å². The number of rotatable bonds is 8. The summed E-state index contributed by atoms with van der Waals surface area (Å²) in [4.78, 5) is 0.186. The molecule has 0 bridgehead atoms. The van der Waals surface area contributed by atoms with Gasteiger partial charge in [-0.1, -0.05) is 6.08 Å². The van der Waals surface area contributed by atoms with Crippen LogP contribution < -0.4 is 4.74 Å². The molecule has 0 unspecified atom stereocenters. The molecular weight excluding hydrogens is 290 g/mol. The average Bonchev–Trinajstić information content (AvgIpc) is 2.40. The number of aryl methyl sites for hydroxylation is 1. The van der Waals surface area contributed by atoms with Gasteiger partial charge < -0.3 is 9.84 Å². The van der Waals surface area contributed by atoms with Crippen molar-refractivity contribution in [3.05, 3.63) is 36.4 Å². The van der Waals surface area contributed by atoms with Crippen molar-refractivity contribution >= 4 is 10.0 Å². The molecule has 1 rings (SSSR count). The quantitative estimate of drug-likeness (QED) is 0.745. The van der Waals surface area contributed by atoms with Gasteiger partial charge in [-0.15, -0.1) is 6.58 Å². The summed E-state index contributed by atoms with van der Waals surface area (Å²) in [5.74, 6) is 0.668. The van der Waals surface area contributed by atoms with Gasteiger partial charge in [0.15, 0.2) is 0 Å². The van der Waals surface area contributed by atoms with E-state index in [0.717, 1.165) is 5.56 Å². The fraction of sp³-hybridized carbons (Fsp3) is 0.467. The number of aliphatic hydroxyl groups excluding tert-OH is 1. The third-order valence-corrected chi connectivity index (χ3v) is 4.69. The van der Waals surface area contributed by atoms with Crippen LogP contribution in [0.25, 0.3) is 0 Å². The highest BCUT2D eigenvalue weighted by molar-refractivity contribution is 7.89. The molecule has 0 heterocycles. The maximum absolute atomic E-state index is 12.5. The molecular formula is C15H23NO4S. The van der Waals surface area contributed by atoms with E-state index in [-0.39, 0.29) is 30.7 Å². The molecule has 118 valence electrons. The van der Waals surface area contributed by atoms with Gasteiger partial charge in [0.2, 0.25) is 10.0 Å². The predicted molar refractivity (Wildman–Crippen MR) is 83.0 cm³/mol. The van der Waals surface area contributed by atoms with Crippen LogP contribution in [0.4, 0.5) is 0 Å². The van der Waals surface area contributed by atoms with Gasteiger partial charge in [0.25, 0.3) is 0 Å². The number of benzene rings is 1. The van der Waals surface area contributed by atoms with E-state index in [9.17, 15) is 8.42 Å². The molecule has 0 radical (unpaired) electrons. The summed E-state index contributed by atoms with van der Waals surface area (Å²) in [6, 6.07) is 4.77. The van der Waals surface area contributed by atoms with Crippen molar-refractivity contribution in [2.45, 2.75) is 31.8 Å². The first kappa shape index (κ1) is 17.7. The molecule has 5 nitrogen and oxygen atoms in total. The molecule has 0 aliphatic rings. The van der Waals surface area contributed by atoms with E-state index in [1.165, 1.54) is 16.4 Å². The minimum atomic E-state index is -3.65. The molecule has 0 aliphatic carbocycles. The zero-order valence-electron chi connectivity index (χ0n) is 12.7. The van der Waals surface area contributed by atoms with Crippen molar-refractivity contribution in [3.63, 3.8) is 0 Å². The molecule has 1 N–H and O–H groups in total. The van der Waals surface area contributed by atoms with Crippen molar-refractivity contribution in [2.75, 3.05) is 19.7 Å². The van der Waals surface area contributed by atoms with E-state index in [1.54, 1.807) is 19.1 Å². The fourth-order valence-electron chi connectivity index (χ4n) is 1.88. The van der Waals surface area contributed by atoms with Gasteiger partial charge in [-0.3, -0.25) is 0 Å². The Bertz CT molecular complexity index is 581. The molecule has 0 saturated carbocycles. The molecule has 0 aromatic heterocycles. The van der Waals surface area contributed by atoms with E-state index in [1.807, 2.05) is 13.8 Å². The van der Waals surface area contributed by atoms with Crippen LogP contribution in [0.5, 0.6) is 5.75 Å². The van der Waals surface area contributed by atoms with Crippen LogP contribution in [0.1, 0.15) is 19.4 Å². The van der Waals surface area contributed by atoms with Gasteiger partial charge in [-0.05, 0) is 44.5 Å². The maximum atomic E-state index is 12.5. The second-order valence-corrected chi connectivity index (χ2v) is 6.91. The predicted octanol–water partition coefficient (Wildman–Crippen LogP) is 1.95. The highest BCUT2D eigenvalue weighted by atomic mass is 32.2. The van der Waals surface area contributed by atoms with Gasteiger partial charge in [-0.2, -0.15) is 4.31 Å². The Balaban J connectivity index is 3.13. The normalized spacial score (nSPS) is 11.9. The third kappa shape index (κ3) is 4.56. The summed E-state index contributed by atoms with van der Waals surface area (Å²) in [5, 5.41) is 9.01. The molecule has 0 saturated heterocycles. The standard InChI is InChI=1S/C15H23NO4S/c1-5-8-16(9-10-17)21(18,19)14-6-7-15(13(4)11-14)20-12(2)3/h5-7,11-12,17H,1,8-10H2,2-4H3. The summed E-state index contributed by atoms with van der Waals surface area (Å²) in [6.07, 6.45) is 1.52. The van der Waals surface area contributed by atoms with E-state index < -0.39 is 10.0 Å². The average molecular weight is 313 g/mol. The fourth-order valence-corrected chi connectivity index (χ4v) is 3.37. The van der Waals surface area contributed by atoms with Gasteiger partial charge in [0.1, 0.15) is 5.75 Å². The Hall–Kier alpha value is -1.37. The zero-order valence-corrected chi connectivity index (χ0v) is 13.6. The van der Waals surface area contributed by atoms with Gasteiger partial charge in [0.05, 0.1) is 17.6 Å². The third-order valence-electron chi connectivity index (χ3n) is 2.83. The Morgan fingerprint density at radius 2 is 2.10 bits per heavy atom. The van der Waals surface area contributed by atoms with Crippen molar-refractivity contribution in [2.24, 2.45) is 0 Å². The second-order valence-electron chi connectivity index (χ2n) is 4.97. The summed E-state index contributed by atoms with van der Waals surface area (Å²) < 4.78 is 31.8. The Kier molecular flexibility index (Phi) is 6.39. The number of ether oxygens (including phenoxy) is 1. The van der Waals surface area contributed by atoms with E-state index in [2.05, 4.69) is 6.58 Å². The van der Waals surface area contributed by atoms with E-state index in [4.69, 9.17) is 9.84 Å². The SMILES string of the molecule is C=CCN(CCO)S(=O)(=O)c1ccc(OC(C)C)c(C)c1. The lowest BCUT2D eigenvalue weighted by molar-refractivity contribution is 0.240. The topological polar surface area (TPSA) is 66.8 Å². The molecule has 0 aliphatic heterocycles. The number of hydrogen-bond donors (Lipinski definition) is 1. The number of aliphatic hydroxyl groups is 1. The molecule has 6 heteroatoms. The lowest BCUT2D eigenvalue weighted by Crippen LogP contribution is -2.33. The van der Waals surface area contributed by atoms with Gasteiger partial charge in [0, 0.05) is 13.1 Å². The van der Waals surface area contributed by atoms with Crippen molar-refractivity contribution in [1.29, 1.82) is 0 Å². The van der Waals surface area contributed by atoms with Gasteiger partial charge in [-0.25, -0.2) is 8.42 Å². The highest BCUT2D eigenvalue weighted by Gasteiger charge is 2.23. The van der Waals surface area contributed by atoms with Crippen molar-refractivity contribution in [3.8, 4) is 5.75 Å². The number of nitrogens with zero attached hydrogens (tertiary/aromatic N) is 1. The zero-order chi connectivity index (χ0) is 16.0. The first-order valence-corrected chi connectivity index (χ1v) is 8.26. The first-order chi connectivity index (χ1) is 9.82.